The van der Waals surface area contributed by atoms with E-state index >= 15 is 0 Å². The van der Waals surface area contributed by atoms with E-state index in [-0.39, 0.29) is 12.5 Å². The first-order valence-electron chi connectivity index (χ1n) is 6.62. The molecule has 2 aromatic carbocycles. The molecule has 0 heterocycles. The molecule has 1 N–H and O–H groups in total. The fraction of sp³-hybridized carbons (Fsp3) is 0.188. The van der Waals surface area contributed by atoms with Gasteiger partial charge in [0, 0.05) is 5.02 Å². The Morgan fingerprint density at radius 3 is 2.13 bits per heavy atom. The SMILES string of the molecule is Cc1cc(OCC(=O)Nc2cc(Cl)c(Cl)cc2Cl)cc(C)c1Cl. The first kappa shape index (κ1) is 18.2. The van der Waals surface area contributed by atoms with Gasteiger partial charge in [-0.3, -0.25) is 4.79 Å². The zero-order chi connectivity index (χ0) is 17.1. The van der Waals surface area contributed by atoms with Gasteiger partial charge in [0.25, 0.3) is 5.91 Å². The van der Waals surface area contributed by atoms with Gasteiger partial charge in [0.2, 0.25) is 0 Å². The van der Waals surface area contributed by atoms with Crippen molar-refractivity contribution in [2.45, 2.75) is 13.8 Å². The lowest BCUT2D eigenvalue weighted by molar-refractivity contribution is -0.118. The number of hydrogen-bond donors (Lipinski definition) is 1. The van der Waals surface area contributed by atoms with Crippen LogP contribution in [0.2, 0.25) is 20.1 Å². The molecule has 2 rings (SSSR count). The molecule has 0 spiro atoms. The third-order valence-electron chi connectivity index (χ3n) is 3.06. The number of anilines is 1. The van der Waals surface area contributed by atoms with Crippen molar-refractivity contribution in [3.8, 4) is 5.75 Å². The fourth-order valence-corrected chi connectivity index (χ4v) is 2.65. The number of carbonyl (C=O) groups is 1. The van der Waals surface area contributed by atoms with E-state index in [0.717, 1.165) is 11.1 Å². The van der Waals surface area contributed by atoms with Crippen LogP contribution in [-0.2, 0) is 4.79 Å². The van der Waals surface area contributed by atoms with Crippen LogP contribution >= 0.6 is 46.4 Å². The second kappa shape index (κ2) is 7.63. The summed E-state index contributed by atoms with van der Waals surface area (Å²) in [7, 11) is 0. The van der Waals surface area contributed by atoms with E-state index in [0.29, 0.717) is 31.5 Å². The molecular formula is C16H13Cl4NO2. The lowest BCUT2D eigenvalue weighted by Gasteiger charge is -2.11. The smallest absolute Gasteiger partial charge is 0.262 e. The minimum Gasteiger partial charge on any atom is -0.484 e. The van der Waals surface area contributed by atoms with Gasteiger partial charge in [-0.15, -0.1) is 0 Å². The summed E-state index contributed by atoms with van der Waals surface area (Å²) >= 11 is 23.8. The van der Waals surface area contributed by atoms with Crippen molar-refractivity contribution in [2.75, 3.05) is 11.9 Å². The molecule has 0 radical (unpaired) electrons. The van der Waals surface area contributed by atoms with Crippen LogP contribution in [0, 0.1) is 13.8 Å². The number of hydrogen-bond acceptors (Lipinski definition) is 2. The number of aryl methyl sites for hydroxylation is 2. The van der Waals surface area contributed by atoms with Crippen LogP contribution in [0.1, 0.15) is 11.1 Å². The molecule has 23 heavy (non-hydrogen) atoms. The third-order valence-corrected chi connectivity index (χ3v) is 4.69. The van der Waals surface area contributed by atoms with Gasteiger partial charge in [0.1, 0.15) is 5.75 Å². The van der Waals surface area contributed by atoms with E-state index in [4.69, 9.17) is 51.1 Å². The molecule has 1 amide bonds. The largest absolute Gasteiger partial charge is 0.484 e. The van der Waals surface area contributed by atoms with Crippen LogP contribution in [-0.4, -0.2) is 12.5 Å². The fourth-order valence-electron chi connectivity index (χ4n) is 1.94. The van der Waals surface area contributed by atoms with Gasteiger partial charge < -0.3 is 10.1 Å². The van der Waals surface area contributed by atoms with Gasteiger partial charge in [0.05, 0.1) is 20.8 Å². The van der Waals surface area contributed by atoms with Gasteiger partial charge in [-0.2, -0.15) is 0 Å². The number of nitrogens with one attached hydrogen (secondary N) is 1. The molecule has 0 aliphatic carbocycles. The van der Waals surface area contributed by atoms with Gasteiger partial charge in [-0.1, -0.05) is 46.4 Å². The molecule has 0 atom stereocenters. The van der Waals surface area contributed by atoms with E-state index in [1.165, 1.54) is 12.1 Å². The van der Waals surface area contributed by atoms with Gasteiger partial charge >= 0.3 is 0 Å². The van der Waals surface area contributed by atoms with Crippen LogP contribution < -0.4 is 10.1 Å². The summed E-state index contributed by atoms with van der Waals surface area (Å²) in [6.07, 6.45) is 0. The van der Waals surface area contributed by atoms with Gasteiger partial charge in [0.15, 0.2) is 6.61 Å². The normalized spacial score (nSPS) is 10.5. The number of carbonyl (C=O) groups excluding carboxylic acids is 1. The van der Waals surface area contributed by atoms with Gasteiger partial charge in [-0.25, -0.2) is 0 Å². The molecule has 3 nitrogen and oxygen atoms in total. The summed E-state index contributed by atoms with van der Waals surface area (Å²) in [4.78, 5) is 12.0. The summed E-state index contributed by atoms with van der Waals surface area (Å²) in [6.45, 7) is 3.58. The quantitative estimate of drug-likeness (QED) is 0.654. The second-order valence-electron chi connectivity index (χ2n) is 4.95. The highest BCUT2D eigenvalue weighted by atomic mass is 35.5. The molecule has 0 saturated carbocycles. The van der Waals surface area contributed by atoms with E-state index < -0.39 is 0 Å². The van der Waals surface area contributed by atoms with Crippen LogP contribution in [0.5, 0.6) is 5.75 Å². The Hall–Kier alpha value is -1.13. The maximum atomic E-state index is 12.0. The zero-order valence-corrected chi connectivity index (χ0v) is 15.4. The Kier molecular flexibility index (Phi) is 6.04. The highest BCUT2D eigenvalue weighted by Gasteiger charge is 2.11. The lowest BCUT2D eigenvalue weighted by Crippen LogP contribution is -2.20. The zero-order valence-electron chi connectivity index (χ0n) is 12.3. The van der Waals surface area contributed by atoms with Crippen LogP contribution in [0.25, 0.3) is 0 Å². The average Bonchev–Trinajstić information content (AvgIpc) is 2.48. The maximum Gasteiger partial charge on any atom is 0.262 e. The Morgan fingerprint density at radius 2 is 1.52 bits per heavy atom. The number of halogens is 4. The highest BCUT2D eigenvalue weighted by molar-refractivity contribution is 6.44. The van der Waals surface area contributed by atoms with Crippen molar-refractivity contribution in [3.05, 3.63) is 55.5 Å². The minimum atomic E-state index is -0.365. The predicted octanol–water partition coefficient (Wildman–Crippen LogP) is 5.93. The van der Waals surface area contributed by atoms with Gasteiger partial charge in [-0.05, 0) is 49.2 Å². The molecular weight excluding hydrogens is 380 g/mol. The predicted molar refractivity (Wildman–Crippen MR) is 96.5 cm³/mol. The summed E-state index contributed by atoms with van der Waals surface area (Å²) in [5, 5.41) is 4.23. The number of amides is 1. The first-order valence-corrected chi connectivity index (χ1v) is 8.13. The minimum absolute atomic E-state index is 0.170. The molecule has 0 fully saturated rings. The molecule has 0 unspecified atom stereocenters. The van der Waals surface area contributed by atoms with E-state index in [2.05, 4.69) is 5.32 Å². The molecule has 2 aromatic rings. The van der Waals surface area contributed by atoms with Crippen molar-refractivity contribution >= 4 is 58.0 Å². The van der Waals surface area contributed by atoms with E-state index in [1.54, 1.807) is 12.1 Å². The molecule has 0 aliphatic heterocycles. The van der Waals surface area contributed by atoms with E-state index in [9.17, 15) is 4.79 Å². The molecule has 0 aliphatic rings. The summed E-state index contributed by atoms with van der Waals surface area (Å²) in [5.74, 6) is 0.204. The number of rotatable bonds is 4. The third kappa shape index (κ3) is 4.67. The molecule has 0 aromatic heterocycles. The average molecular weight is 393 g/mol. The number of benzene rings is 2. The Bertz CT molecular complexity index is 739. The van der Waals surface area contributed by atoms with Crippen molar-refractivity contribution in [2.24, 2.45) is 0 Å². The molecule has 122 valence electrons. The Balaban J connectivity index is 2.02. The Labute approximate surface area is 154 Å². The lowest BCUT2D eigenvalue weighted by atomic mass is 10.1. The summed E-state index contributed by atoms with van der Waals surface area (Å²) in [6, 6.07) is 6.50. The van der Waals surface area contributed by atoms with Crippen molar-refractivity contribution < 1.29 is 9.53 Å². The molecule has 0 saturated heterocycles. The van der Waals surface area contributed by atoms with Crippen LogP contribution in [0.4, 0.5) is 5.69 Å². The first-order chi connectivity index (χ1) is 10.8. The Morgan fingerprint density at radius 1 is 0.957 bits per heavy atom. The summed E-state index contributed by atoms with van der Waals surface area (Å²) < 4.78 is 5.48. The van der Waals surface area contributed by atoms with Crippen molar-refractivity contribution in [1.82, 2.24) is 0 Å². The van der Waals surface area contributed by atoms with Crippen molar-refractivity contribution in [3.63, 3.8) is 0 Å². The summed E-state index contributed by atoms with van der Waals surface area (Å²) in [5.41, 5.74) is 2.14. The van der Waals surface area contributed by atoms with Crippen LogP contribution in [0.3, 0.4) is 0 Å². The highest BCUT2D eigenvalue weighted by Crippen LogP contribution is 2.32. The maximum absolute atomic E-state index is 12.0. The molecule has 7 heteroatoms. The van der Waals surface area contributed by atoms with Crippen LogP contribution in [0.15, 0.2) is 24.3 Å². The second-order valence-corrected chi connectivity index (χ2v) is 6.55. The standard InChI is InChI=1S/C16H13Cl4NO2/c1-8-3-10(4-9(2)16(8)20)23-7-15(22)21-14-6-12(18)11(17)5-13(14)19/h3-6H,7H2,1-2H3,(H,21,22). The number of ether oxygens (including phenoxy) is 1. The monoisotopic (exact) mass is 391 g/mol. The topological polar surface area (TPSA) is 38.3 Å². The molecule has 0 bridgehead atoms. The van der Waals surface area contributed by atoms with E-state index in [1.807, 2.05) is 13.8 Å². The van der Waals surface area contributed by atoms with Crippen molar-refractivity contribution in [1.29, 1.82) is 0 Å².